The van der Waals surface area contributed by atoms with Gasteiger partial charge in [-0.25, -0.2) is 9.97 Å². The van der Waals surface area contributed by atoms with E-state index in [0.29, 0.717) is 12.4 Å². The van der Waals surface area contributed by atoms with Crippen LogP contribution in [-0.2, 0) is 12.7 Å². The van der Waals surface area contributed by atoms with Gasteiger partial charge in [-0.15, -0.1) is 0 Å². The molecule has 0 saturated heterocycles. The quantitative estimate of drug-likeness (QED) is 0.784. The number of aryl methyl sites for hydroxylation is 1. The zero-order valence-corrected chi connectivity index (χ0v) is 10.1. The first-order valence-corrected chi connectivity index (χ1v) is 5.56. The molecule has 0 N–H and O–H groups in total. The van der Waals surface area contributed by atoms with Crippen LogP contribution in [0.2, 0.25) is 5.15 Å². The van der Waals surface area contributed by atoms with Gasteiger partial charge in [-0.3, -0.25) is 0 Å². The van der Waals surface area contributed by atoms with Crippen LogP contribution in [0.1, 0.15) is 12.5 Å². The van der Waals surface area contributed by atoms with Crippen LogP contribution < -0.4 is 0 Å². The van der Waals surface area contributed by atoms with Crippen LogP contribution in [0.25, 0.3) is 11.5 Å². The first kappa shape index (κ1) is 12.9. The molecular weight excluding hydrogens is 267 g/mol. The van der Waals surface area contributed by atoms with E-state index >= 15 is 0 Å². The molecule has 0 atom stereocenters. The summed E-state index contributed by atoms with van der Waals surface area (Å²) in [5.74, 6) is 0.366. The third-order valence-electron chi connectivity index (χ3n) is 2.41. The lowest BCUT2D eigenvalue weighted by atomic mass is 10.2. The molecule has 7 heteroatoms. The van der Waals surface area contributed by atoms with Crippen LogP contribution in [0.3, 0.4) is 0 Å². The van der Waals surface area contributed by atoms with Crippen molar-refractivity contribution in [3.63, 3.8) is 0 Å². The molecule has 2 aromatic heterocycles. The Labute approximate surface area is 106 Å². The maximum atomic E-state index is 12.7. The van der Waals surface area contributed by atoms with Crippen molar-refractivity contribution in [1.29, 1.82) is 0 Å². The molecule has 0 aliphatic heterocycles. The maximum absolute atomic E-state index is 12.7. The van der Waals surface area contributed by atoms with Crippen molar-refractivity contribution < 1.29 is 13.2 Å². The van der Waals surface area contributed by atoms with Crippen LogP contribution in [0, 0.1) is 0 Å². The summed E-state index contributed by atoms with van der Waals surface area (Å²) in [7, 11) is 0. The van der Waals surface area contributed by atoms with Crippen molar-refractivity contribution in [2.45, 2.75) is 19.6 Å². The number of pyridine rings is 1. The Balaban J connectivity index is 2.56. The van der Waals surface area contributed by atoms with E-state index in [1.165, 1.54) is 6.20 Å². The number of hydrogen-bond acceptors (Lipinski definition) is 2. The molecule has 3 nitrogen and oxygen atoms in total. The molecule has 0 aromatic carbocycles. The highest BCUT2D eigenvalue weighted by atomic mass is 35.5. The van der Waals surface area contributed by atoms with Crippen LogP contribution in [0.4, 0.5) is 13.2 Å². The second-order valence-electron chi connectivity index (χ2n) is 3.60. The van der Waals surface area contributed by atoms with E-state index in [4.69, 9.17) is 11.6 Å². The molecule has 0 saturated carbocycles. The highest BCUT2D eigenvalue weighted by Crippen LogP contribution is 2.32. The number of imidazole rings is 1. The molecule has 0 aliphatic rings. The van der Waals surface area contributed by atoms with E-state index in [2.05, 4.69) is 9.97 Å². The second-order valence-corrected chi connectivity index (χ2v) is 3.99. The van der Waals surface area contributed by atoms with Gasteiger partial charge in [0.25, 0.3) is 0 Å². The van der Waals surface area contributed by atoms with Crippen molar-refractivity contribution in [3.05, 3.63) is 35.2 Å². The molecule has 2 rings (SSSR count). The summed E-state index contributed by atoms with van der Waals surface area (Å²) in [6.45, 7) is 2.45. The third kappa shape index (κ3) is 2.48. The highest BCUT2D eigenvalue weighted by Gasteiger charge is 2.32. The highest BCUT2D eigenvalue weighted by molar-refractivity contribution is 6.29. The van der Waals surface area contributed by atoms with Gasteiger partial charge in [-0.05, 0) is 19.1 Å². The van der Waals surface area contributed by atoms with Gasteiger partial charge in [-0.2, -0.15) is 13.2 Å². The first-order chi connectivity index (χ1) is 8.41. The summed E-state index contributed by atoms with van der Waals surface area (Å²) in [6, 6.07) is 1.74. The lowest BCUT2D eigenvalue weighted by Gasteiger charge is -2.09. The summed E-state index contributed by atoms with van der Waals surface area (Å²) in [6.07, 6.45) is -1.27. The van der Waals surface area contributed by atoms with Crippen molar-refractivity contribution in [1.82, 2.24) is 14.5 Å². The first-order valence-electron chi connectivity index (χ1n) is 5.18. The lowest BCUT2D eigenvalue weighted by Crippen LogP contribution is -2.07. The van der Waals surface area contributed by atoms with Gasteiger partial charge >= 0.3 is 6.18 Å². The molecule has 0 amide bonds. The van der Waals surface area contributed by atoms with Crippen LogP contribution >= 0.6 is 11.6 Å². The average Bonchev–Trinajstić information content (AvgIpc) is 2.74. The number of hydrogen-bond donors (Lipinski definition) is 0. The van der Waals surface area contributed by atoms with Crippen molar-refractivity contribution in [2.75, 3.05) is 0 Å². The Morgan fingerprint density at radius 1 is 1.33 bits per heavy atom. The Morgan fingerprint density at radius 2 is 2.06 bits per heavy atom. The molecule has 0 radical (unpaired) electrons. The summed E-state index contributed by atoms with van der Waals surface area (Å²) < 4.78 is 39.7. The fourth-order valence-electron chi connectivity index (χ4n) is 1.57. The fraction of sp³-hybridized carbons (Fsp3) is 0.273. The number of aromatic nitrogens is 3. The normalized spacial score (nSPS) is 11.8. The SMILES string of the molecule is CCn1ccnc1-c1cc(C(F)(F)F)cc(Cl)n1. The van der Waals surface area contributed by atoms with Gasteiger partial charge in [0.2, 0.25) is 0 Å². The van der Waals surface area contributed by atoms with Gasteiger partial charge in [0, 0.05) is 18.9 Å². The monoisotopic (exact) mass is 275 g/mol. The number of alkyl halides is 3. The standard InChI is InChI=1S/C11H9ClF3N3/c1-2-18-4-3-16-10(18)8-5-7(11(13,14)15)6-9(12)17-8/h3-6H,2H2,1H3. The Hall–Kier alpha value is -1.56. The molecular formula is C11H9ClF3N3. The topological polar surface area (TPSA) is 30.7 Å². The van der Waals surface area contributed by atoms with E-state index in [9.17, 15) is 13.2 Å². The predicted molar refractivity (Wildman–Crippen MR) is 61.1 cm³/mol. The smallest absolute Gasteiger partial charge is 0.330 e. The number of rotatable bonds is 2. The van der Waals surface area contributed by atoms with Crippen molar-refractivity contribution in [3.8, 4) is 11.5 Å². The lowest BCUT2D eigenvalue weighted by molar-refractivity contribution is -0.137. The van der Waals surface area contributed by atoms with Crippen molar-refractivity contribution >= 4 is 11.6 Å². The van der Waals surface area contributed by atoms with E-state index < -0.39 is 11.7 Å². The summed E-state index contributed by atoms with van der Waals surface area (Å²) >= 11 is 5.62. The van der Waals surface area contributed by atoms with E-state index in [-0.39, 0.29) is 10.8 Å². The minimum Gasteiger partial charge on any atom is -0.330 e. The number of halogens is 4. The average molecular weight is 276 g/mol. The zero-order chi connectivity index (χ0) is 13.3. The molecule has 0 aliphatic carbocycles. The fourth-order valence-corrected chi connectivity index (χ4v) is 1.78. The molecule has 0 unspecified atom stereocenters. The Kier molecular flexibility index (Phi) is 3.30. The van der Waals surface area contributed by atoms with Gasteiger partial charge in [-0.1, -0.05) is 11.6 Å². The second kappa shape index (κ2) is 4.61. The van der Waals surface area contributed by atoms with E-state index in [1.807, 2.05) is 6.92 Å². The minimum absolute atomic E-state index is 0.113. The summed E-state index contributed by atoms with van der Waals surface area (Å²) in [5.41, 5.74) is -0.718. The maximum Gasteiger partial charge on any atom is 0.416 e. The van der Waals surface area contributed by atoms with Gasteiger partial charge in [0.1, 0.15) is 10.8 Å². The Morgan fingerprint density at radius 3 is 2.67 bits per heavy atom. The summed E-state index contributed by atoms with van der Waals surface area (Å²) in [4.78, 5) is 7.88. The molecule has 2 aromatic rings. The van der Waals surface area contributed by atoms with E-state index in [0.717, 1.165) is 12.1 Å². The number of nitrogens with zero attached hydrogens (tertiary/aromatic N) is 3. The van der Waals surface area contributed by atoms with E-state index in [1.54, 1.807) is 10.8 Å². The molecule has 0 fully saturated rings. The van der Waals surface area contributed by atoms with Crippen LogP contribution in [-0.4, -0.2) is 14.5 Å². The predicted octanol–water partition coefficient (Wildman–Crippen LogP) is 3.64. The van der Waals surface area contributed by atoms with Crippen LogP contribution in [0.15, 0.2) is 24.5 Å². The molecule has 0 spiro atoms. The van der Waals surface area contributed by atoms with Gasteiger partial charge in [0.15, 0.2) is 5.82 Å². The zero-order valence-electron chi connectivity index (χ0n) is 9.37. The van der Waals surface area contributed by atoms with Crippen molar-refractivity contribution in [2.24, 2.45) is 0 Å². The van der Waals surface area contributed by atoms with Gasteiger partial charge < -0.3 is 4.57 Å². The third-order valence-corrected chi connectivity index (χ3v) is 2.60. The minimum atomic E-state index is -4.45. The molecule has 2 heterocycles. The Bertz CT molecular complexity index is 563. The molecule has 96 valence electrons. The van der Waals surface area contributed by atoms with Crippen LogP contribution in [0.5, 0.6) is 0 Å². The van der Waals surface area contributed by atoms with Gasteiger partial charge in [0.05, 0.1) is 5.56 Å². The molecule has 18 heavy (non-hydrogen) atoms. The largest absolute Gasteiger partial charge is 0.416 e. The molecule has 0 bridgehead atoms. The summed E-state index contributed by atoms with van der Waals surface area (Å²) in [5, 5.41) is -0.203.